The van der Waals surface area contributed by atoms with E-state index < -0.39 is 0 Å². The lowest BCUT2D eigenvalue weighted by atomic mass is 10.2. The Labute approximate surface area is 161 Å². The van der Waals surface area contributed by atoms with Crippen LogP contribution in [-0.4, -0.2) is 33.3 Å². The van der Waals surface area contributed by atoms with E-state index in [9.17, 15) is 9.59 Å². The highest BCUT2D eigenvalue weighted by molar-refractivity contribution is 7.99. The molecular formula is C19H22N4O3S. The summed E-state index contributed by atoms with van der Waals surface area (Å²) in [6.45, 7) is 6.19. The van der Waals surface area contributed by atoms with Crippen LogP contribution in [0.5, 0.6) is 5.75 Å². The number of aromatic nitrogens is 3. The zero-order chi connectivity index (χ0) is 19.6. The Hall–Kier alpha value is -2.74. The molecule has 0 unspecified atom stereocenters. The smallest absolute Gasteiger partial charge is 0.278 e. The fourth-order valence-electron chi connectivity index (χ4n) is 2.84. The number of aryl methyl sites for hydroxylation is 2. The molecule has 0 fully saturated rings. The molecule has 1 amide bonds. The van der Waals surface area contributed by atoms with Crippen LogP contribution in [0.1, 0.15) is 18.2 Å². The number of hydrogen-bond donors (Lipinski definition) is 2. The van der Waals surface area contributed by atoms with Crippen LogP contribution in [0.25, 0.3) is 11.0 Å². The van der Waals surface area contributed by atoms with Crippen molar-refractivity contribution in [3.05, 3.63) is 45.9 Å². The summed E-state index contributed by atoms with van der Waals surface area (Å²) in [5.41, 5.74) is 3.51. The lowest BCUT2D eigenvalue weighted by molar-refractivity contribution is -0.113. The lowest BCUT2D eigenvalue weighted by Crippen LogP contribution is -2.23. The van der Waals surface area contributed by atoms with Gasteiger partial charge in [0.15, 0.2) is 5.16 Å². The van der Waals surface area contributed by atoms with Gasteiger partial charge in [-0.3, -0.25) is 14.2 Å². The van der Waals surface area contributed by atoms with E-state index in [2.05, 4.69) is 15.3 Å². The number of nitrogens with zero attached hydrogens (tertiary/aromatic N) is 2. The van der Waals surface area contributed by atoms with Crippen molar-refractivity contribution in [3.8, 4) is 5.75 Å². The van der Waals surface area contributed by atoms with E-state index in [1.807, 2.05) is 45.0 Å². The molecule has 8 heteroatoms. The summed E-state index contributed by atoms with van der Waals surface area (Å²) >= 11 is 1.24. The number of fused-ring (bicyclic) bond motifs is 1. The number of anilines is 1. The van der Waals surface area contributed by atoms with E-state index in [0.29, 0.717) is 34.2 Å². The zero-order valence-corrected chi connectivity index (χ0v) is 16.6. The van der Waals surface area contributed by atoms with Crippen molar-refractivity contribution in [2.24, 2.45) is 0 Å². The fourth-order valence-corrected chi connectivity index (χ4v) is 3.70. The maximum atomic E-state index is 12.6. The number of nitrogens with one attached hydrogen (secondary N) is 2. The SMILES string of the molecule is CCn1c(SCC(=O)Nc2cc(C)ccc2OC)nc2cc(C)[nH]c2c1=O. The summed E-state index contributed by atoms with van der Waals surface area (Å²) in [5.74, 6) is 0.552. The number of methoxy groups -OCH3 is 1. The molecule has 2 N–H and O–H groups in total. The second-order valence-electron chi connectivity index (χ2n) is 6.20. The van der Waals surface area contributed by atoms with Crippen LogP contribution in [0.3, 0.4) is 0 Å². The number of H-pyrrole nitrogens is 1. The van der Waals surface area contributed by atoms with Gasteiger partial charge >= 0.3 is 0 Å². The molecule has 0 bridgehead atoms. The zero-order valence-electron chi connectivity index (χ0n) is 15.8. The topological polar surface area (TPSA) is 89.0 Å². The molecule has 3 rings (SSSR count). The number of carbonyl (C=O) groups excluding carboxylic acids is 1. The van der Waals surface area contributed by atoms with Gasteiger partial charge in [0.05, 0.1) is 24.1 Å². The summed E-state index contributed by atoms with van der Waals surface area (Å²) in [7, 11) is 1.56. The van der Waals surface area contributed by atoms with E-state index in [1.165, 1.54) is 11.8 Å². The molecule has 0 atom stereocenters. The molecule has 0 saturated heterocycles. The average molecular weight is 386 g/mol. The highest BCUT2D eigenvalue weighted by atomic mass is 32.2. The molecule has 0 aliphatic carbocycles. The van der Waals surface area contributed by atoms with Crippen molar-refractivity contribution in [3.63, 3.8) is 0 Å². The van der Waals surface area contributed by atoms with Gasteiger partial charge < -0.3 is 15.0 Å². The number of benzene rings is 1. The first-order valence-electron chi connectivity index (χ1n) is 8.60. The number of hydrogen-bond acceptors (Lipinski definition) is 5. The average Bonchev–Trinajstić information content (AvgIpc) is 3.01. The van der Waals surface area contributed by atoms with Crippen LogP contribution < -0.4 is 15.6 Å². The Morgan fingerprint density at radius 1 is 1.33 bits per heavy atom. The normalized spacial score (nSPS) is 11.0. The molecule has 0 saturated carbocycles. The summed E-state index contributed by atoms with van der Waals surface area (Å²) < 4.78 is 6.86. The minimum Gasteiger partial charge on any atom is -0.495 e. The van der Waals surface area contributed by atoms with Gasteiger partial charge in [-0.05, 0) is 44.5 Å². The van der Waals surface area contributed by atoms with Crippen molar-refractivity contribution < 1.29 is 9.53 Å². The van der Waals surface area contributed by atoms with Gasteiger partial charge in [-0.1, -0.05) is 17.8 Å². The first kappa shape index (κ1) is 19.0. The van der Waals surface area contributed by atoms with Crippen LogP contribution in [0.15, 0.2) is 34.2 Å². The van der Waals surface area contributed by atoms with Gasteiger partial charge in [-0.15, -0.1) is 0 Å². The van der Waals surface area contributed by atoms with Gasteiger partial charge in [0.25, 0.3) is 5.56 Å². The molecule has 27 heavy (non-hydrogen) atoms. The summed E-state index contributed by atoms with van der Waals surface area (Å²) in [6.07, 6.45) is 0. The quantitative estimate of drug-likeness (QED) is 0.502. The Bertz CT molecular complexity index is 1060. The van der Waals surface area contributed by atoms with E-state index in [-0.39, 0.29) is 17.2 Å². The molecule has 3 aromatic rings. The van der Waals surface area contributed by atoms with Gasteiger partial charge in [-0.25, -0.2) is 4.98 Å². The number of amides is 1. The Morgan fingerprint density at radius 3 is 2.81 bits per heavy atom. The molecule has 1 aromatic carbocycles. The number of rotatable bonds is 6. The molecule has 142 valence electrons. The Balaban J connectivity index is 1.79. The number of ether oxygens (including phenoxy) is 1. The molecule has 0 aliphatic rings. The van der Waals surface area contributed by atoms with Gasteiger partial charge in [0, 0.05) is 12.2 Å². The largest absolute Gasteiger partial charge is 0.495 e. The minimum absolute atomic E-state index is 0.126. The molecule has 2 heterocycles. The minimum atomic E-state index is -0.189. The summed E-state index contributed by atoms with van der Waals surface area (Å²) in [4.78, 5) is 32.6. The second kappa shape index (κ2) is 7.87. The Morgan fingerprint density at radius 2 is 2.11 bits per heavy atom. The van der Waals surface area contributed by atoms with Crippen molar-refractivity contribution in [1.82, 2.24) is 14.5 Å². The van der Waals surface area contributed by atoms with Crippen molar-refractivity contribution in [2.45, 2.75) is 32.5 Å². The maximum Gasteiger partial charge on any atom is 0.278 e. The fraction of sp³-hybridized carbons (Fsp3) is 0.316. The van der Waals surface area contributed by atoms with Crippen LogP contribution in [0.2, 0.25) is 0 Å². The molecule has 2 aromatic heterocycles. The summed E-state index contributed by atoms with van der Waals surface area (Å²) in [5, 5.41) is 3.39. The molecule has 0 spiro atoms. The van der Waals surface area contributed by atoms with Gasteiger partial charge in [0.1, 0.15) is 11.3 Å². The van der Waals surface area contributed by atoms with E-state index >= 15 is 0 Å². The standard InChI is InChI=1S/C19H22N4O3S/c1-5-23-18(25)17-14(9-12(3)20-17)22-19(23)27-10-16(24)21-13-8-11(2)6-7-15(13)26-4/h6-9,20H,5,10H2,1-4H3,(H,21,24). The third-order valence-electron chi connectivity index (χ3n) is 4.12. The van der Waals surface area contributed by atoms with E-state index in [0.717, 1.165) is 11.3 Å². The van der Waals surface area contributed by atoms with Crippen LogP contribution in [-0.2, 0) is 11.3 Å². The van der Waals surface area contributed by atoms with E-state index in [1.54, 1.807) is 11.7 Å². The molecule has 0 aliphatic heterocycles. The number of carbonyl (C=O) groups is 1. The molecule has 0 radical (unpaired) electrons. The van der Waals surface area contributed by atoms with Crippen molar-refractivity contribution >= 4 is 34.4 Å². The van der Waals surface area contributed by atoms with Gasteiger partial charge in [0.2, 0.25) is 5.91 Å². The predicted octanol–water partition coefficient (Wildman–Crippen LogP) is 3.10. The first-order chi connectivity index (χ1) is 12.9. The van der Waals surface area contributed by atoms with Crippen molar-refractivity contribution in [1.29, 1.82) is 0 Å². The van der Waals surface area contributed by atoms with Crippen LogP contribution in [0, 0.1) is 13.8 Å². The lowest BCUT2D eigenvalue weighted by Gasteiger charge is -2.12. The number of thioether (sulfide) groups is 1. The maximum absolute atomic E-state index is 12.6. The molecular weight excluding hydrogens is 364 g/mol. The Kier molecular flexibility index (Phi) is 5.55. The third kappa shape index (κ3) is 4.00. The summed E-state index contributed by atoms with van der Waals surface area (Å²) in [6, 6.07) is 7.42. The highest BCUT2D eigenvalue weighted by Gasteiger charge is 2.15. The van der Waals surface area contributed by atoms with Gasteiger partial charge in [-0.2, -0.15) is 0 Å². The van der Waals surface area contributed by atoms with Crippen LogP contribution >= 0.6 is 11.8 Å². The number of aromatic amines is 1. The molecule has 7 nitrogen and oxygen atoms in total. The monoisotopic (exact) mass is 386 g/mol. The highest BCUT2D eigenvalue weighted by Crippen LogP contribution is 2.26. The first-order valence-corrected chi connectivity index (χ1v) is 9.59. The third-order valence-corrected chi connectivity index (χ3v) is 5.09. The van der Waals surface area contributed by atoms with Crippen LogP contribution in [0.4, 0.5) is 5.69 Å². The second-order valence-corrected chi connectivity index (χ2v) is 7.14. The predicted molar refractivity (Wildman–Crippen MR) is 108 cm³/mol. The van der Waals surface area contributed by atoms with Crippen molar-refractivity contribution in [2.75, 3.05) is 18.2 Å². The van der Waals surface area contributed by atoms with E-state index in [4.69, 9.17) is 4.74 Å².